The fraction of sp³-hybridized carbons (Fsp3) is 0.273. The number of nitro groups is 1. The molecule has 2 heterocycles. The summed E-state index contributed by atoms with van der Waals surface area (Å²) in [5, 5.41) is 14.6. The van der Waals surface area contributed by atoms with E-state index in [2.05, 4.69) is 15.3 Å². The fourth-order valence-corrected chi connectivity index (χ4v) is 2.33. The number of hydrogen-bond donors (Lipinski definition) is 1. The summed E-state index contributed by atoms with van der Waals surface area (Å²) in [6.07, 6.45) is 1.52. The number of thiazole rings is 1. The first-order valence-electron chi connectivity index (χ1n) is 5.34. The zero-order chi connectivity index (χ0) is 13.1. The molecule has 0 fully saturated rings. The van der Waals surface area contributed by atoms with E-state index in [4.69, 9.17) is 0 Å². The molecule has 6 nitrogen and oxygen atoms in total. The van der Waals surface area contributed by atoms with Crippen LogP contribution in [0.5, 0.6) is 0 Å². The quantitative estimate of drug-likeness (QED) is 0.678. The monoisotopic (exact) mass is 264 g/mol. The van der Waals surface area contributed by atoms with E-state index < -0.39 is 4.92 Å². The van der Waals surface area contributed by atoms with E-state index in [1.165, 1.54) is 12.3 Å². The van der Waals surface area contributed by atoms with E-state index in [-0.39, 0.29) is 11.5 Å². The molecule has 0 amide bonds. The van der Waals surface area contributed by atoms with Crippen molar-refractivity contribution in [1.29, 1.82) is 0 Å². The van der Waals surface area contributed by atoms with Crippen LogP contribution in [0.3, 0.4) is 0 Å². The van der Waals surface area contributed by atoms with Crippen molar-refractivity contribution in [2.45, 2.75) is 20.4 Å². The first kappa shape index (κ1) is 12.4. The van der Waals surface area contributed by atoms with Crippen LogP contribution in [0, 0.1) is 24.0 Å². The predicted molar refractivity (Wildman–Crippen MR) is 69.8 cm³/mol. The molecule has 0 atom stereocenters. The maximum absolute atomic E-state index is 10.8. The lowest BCUT2D eigenvalue weighted by Crippen LogP contribution is -2.04. The van der Waals surface area contributed by atoms with Crippen molar-refractivity contribution in [3.05, 3.63) is 44.0 Å². The van der Waals surface area contributed by atoms with Crippen LogP contribution in [0.1, 0.15) is 15.6 Å². The molecular weight excluding hydrogens is 252 g/mol. The van der Waals surface area contributed by atoms with Gasteiger partial charge in [-0.05, 0) is 19.9 Å². The number of hydrogen-bond acceptors (Lipinski definition) is 6. The van der Waals surface area contributed by atoms with Crippen molar-refractivity contribution in [2.75, 3.05) is 5.32 Å². The zero-order valence-electron chi connectivity index (χ0n) is 10.0. The average molecular weight is 264 g/mol. The van der Waals surface area contributed by atoms with Gasteiger partial charge in [0.1, 0.15) is 5.01 Å². The summed E-state index contributed by atoms with van der Waals surface area (Å²) in [6.45, 7) is 4.38. The maximum Gasteiger partial charge on any atom is 0.311 e. The number of anilines is 1. The molecule has 0 unspecified atom stereocenters. The van der Waals surface area contributed by atoms with Gasteiger partial charge in [-0.15, -0.1) is 11.3 Å². The van der Waals surface area contributed by atoms with E-state index in [0.29, 0.717) is 6.54 Å². The van der Waals surface area contributed by atoms with Crippen LogP contribution in [0.15, 0.2) is 18.3 Å². The van der Waals surface area contributed by atoms with Gasteiger partial charge in [-0.3, -0.25) is 10.1 Å². The van der Waals surface area contributed by atoms with E-state index in [1.54, 1.807) is 17.4 Å². The van der Waals surface area contributed by atoms with Gasteiger partial charge in [0.25, 0.3) is 0 Å². The Bertz CT molecular complexity index is 563. The Morgan fingerprint density at radius 2 is 2.28 bits per heavy atom. The second-order valence-electron chi connectivity index (χ2n) is 3.73. The largest absolute Gasteiger partial charge is 0.358 e. The van der Waals surface area contributed by atoms with Crippen LogP contribution in [0.25, 0.3) is 0 Å². The number of nitrogens with zero attached hydrogens (tertiary/aromatic N) is 3. The molecule has 0 aliphatic rings. The molecule has 0 bridgehead atoms. The molecule has 2 rings (SSSR count). The Morgan fingerprint density at radius 1 is 1.50 bits per heavy atom. The van der Waals surface area contributed by atoms with Crippen molar-refractivity contribution < 1.29 is 4.92 Å². The Balaban J connectivity index is 2.13. The molecule has 0 aliphatic carbocycles. The molecule has 0 aromatic carbocycles. The first-order chi connectivity index (χ1) is 8.58. The summed E-state index contributed by atoms with van der Waals surface area (Å²) >= 11 is 1.58. The molecule has 0 spiro atoms. The number of aromatic nitrogens is 2. The summed E-state index contributed by atoms with van der Waals surface area (Å²) in [5.41, 5.74) is 0.967. The lowest BCUT2D eigenvalue weighted by Gasteiger charge is -2.03. The molecule has 1 N–H and O–H groups in total. The minimum Gasteiger partial charge on any atom is -0.358 e. The van der Waals surface area contributed by atoms with E-state index in [1.807, 2.05) is 13.8 Å². The van der Waals surface area contributed by atoms with Crippen molar-refractivity contribution in [1.82, 2.24) is 9.97 Å². The average Bonchev–Trinajstić information content (AvgIpc) is 2.66. The maximum atomic E-state index is 10.8. The minimum absolute atomic E-state index is 0.0255. The predicted octanol–water partition coefficient (Wildman–Crippen LogP) is 2.68. The van der Waals surface area contributed by atoms with Gasteiger partial charge in [0, 0.05) is 17.1 Å². The van der Waals surface area contributed by atoms with Gasteiger partial charge in [-0.25, -0.2) is 9.97 Å². The SMILES string of the molecule is Cc1nc(CNc2ncccc2[N+](=O)[O-])sc1C. The minimum atomic E-state index is -0.451. The molecule has 2 aromatic heterocycles. The van der Waals surface area contributed by atoms with Crippen LogP contribution in [0.4, 0.5) is 11.5 Å². The van der Waals surface area contributed by atoms with Crippen molar-refractivity contribution in [3.63, 3.8) is 0 Å². The Kier molecular flexibility index (Phi) is 3.52. The van der Waals surface area contributed by atoms with Gasteiger partial charge >= 0.3 is 5.69 Å². The van der Waals surface area contributed by atoms with Gasteiger partial charge in [0.2, 0.25) is 5.82 Å². The van der Waals surface area contributed by atoms with Gasteiger partial charge in [0.15, 0.2) is 0 Å². The zero-order valence-corrected chi connectivity index (χ0v) is 10.8. The van der Waals surface area contributed by atoms with E-state index in [9.17, 15) is 10.1 Å². The van der Waals surface area contributed by atoms with Gasteiger partial charge in [0.05, 0.1) is 17.2 Å². The standard InChI is InChI=1S/C11H12N4O2S/c1-7-8(2)18-10(14-7)6-13-11-9(15(16)17)4-3-5-12-11/h3-5H,6H2,1-2H3,(H,12,13). The third-order valence-corrected chi connectivity index (χ3v) is 3.54. The summed E-state index contributed by atoms with van der Waals surface area (Å²) in [5.74, 6) is 0.271. The molecule has 0 aliphatic heterocycles. The molecule has 18 heavy (non-hydrogen) atoms. The Labute approximate surface area is 108 Å². The lowest BCUT2D eigenvalue weighted by molar-refractivity contribution is -0.384. The number of pyridine rings is 1. The molecule has 2 aromatic rings. The summed E-state index contributed by atoms with van der Waals surface area (Å²) < 4.78 is 0. The number of nitrogens with one attached hydrogen (secondary N) is 1. The highest BCUT2D eigenvalue weighted by atomic mass is 32.1. The summed E-state index contributed by atoms with van der Waals surface area (Å²) in [4.78, 5) is 19.8. The second kappa shape index (κ2) is 5.09. The smallest absolute Gasteiger partial charge is 0.311 e. The second-order valence-corrected chi connectivity index (χ2v) is 5.02. The highest BCUT2D eigenvalue weighted by molar-refractivity contribution is 7.11. The van der Waals surface area contributed by atoms with E-state index in [0.717, 1.165) is 15.6 Å². The molecule has 0 radical (unpaired) electrons. The fourth-order valence-electron chi connectivity index (χ4n) is 1.45. The molecule has 7 heteroatoms. The number of aryl methyl sites for hydroxylation is 2. The van der Waals surface area contributed by atoms with Gasteiger partial charge < -0.3 is 5.32 Å². The van der Waals surface area contributed by atoms with Crippen LogP contribution >= 0.6 is 11.3 Å². The first-order valence-corrected chi connectivity index (χ1v) is 6.15. The van der Waals surface area contributed by atoms with E-state index >= 15 is 0 Å². The van der Waals surface area contributed by atoms with Crippen LogP contribution in [-0.2, 0) is 6.54 Å². The number of rotatable bonds is 4. The highest BCUT2D eigenvalue weighted by Crippen LogP contribution is 2.22. The summed E-state index contributed by atoms with van der Waals surface area (Å²) in [6, 6.07) is 2.97. The van der Waals surface area contributed by atoms with Gasteiger partial charge in [-0.2, -0.15) is 0 Å². The molecular formula is C11H12N4O2S. The third kappa shape index (κ3) is 2.62. The van der Waals surface area contributed by atoms with Crippen LogP contribution in [-0.4, -0.2) is 14.9 Å². The third-order valence-electron chi connectivity index (χ3n) is 2.46. The lowest BCUT2D eigenvalue weighted by atomic mass is 10.4. The van der Waals surface area contributed by atoms with Crippen LogP contribution in [0.2, 0.25) is 0 Å². The topological polar surface area (TPSA) is 81.0 Å². The summed E-state index contributed by atoms with van der Waals surface area (Å²) in [7, 11) is 0. The Morgan fingerprint density at radius 3 is 2.89 bits per heavy atom. The molecule has 0 saturated carbocycles. The van der Waals surface area contributed by atoms with Crippen molar-refractivity contribution in [2.24, 2.45) is 0 Å². The molecule has 94 valence electrons. The van der Waals surface area contributed by atoms with Crippen molar-refractivity contribution in [3.8, 4) is 0 Å². The highest BCUT2D eigenvalue weighted by Gasteiger charge is 2.14. The Hall–Kier alpha value is -2.02. The van der Waals surface area contributed by atoms with Gasteiger partial charge in [-0.1, -0.05) is 0 Å². The normalized spacial score (nSPS) is 10.3. The molecule has 0 saturated heterocycles. The van der Waals surface area contributed by atoms with Crippen LogP contribution < -0.4 is 5.32 Å². The van der Waals surface area contributed by atoms with Crippen molar-refractivity contribution >= 4 is 22.8 Å².